The first kappa shape index (κ1) is 19.3. The fraction of sp³-hybridized carbons (Fsp3) is 0.353. The maximum Gasteiger partial charge on any atom is 0.303 e. The van der Waals surface area contributed by atoms with E-state index in [-0.39, 0.29) is 24.8 Å². The Labute approximate surface area is 155 Å². The van der Waals surface area contributed by atoms with Gasteiger partial charge in [-0.3, -0.25) is 9.59 Å². The van der Waals surface area contributed by atoms with Gasteiger partial charge in [-0.2, -0.15) is 0 Å². The number of amides is 1. The van der Waals surface area contributed by atoms with E-state index in [1.807, 2.05) is 0 Å². The third-order valence-corrected chi connectivity index (χ3v) is 4.06. The molecular weight excluding hydrogens is 367 g/mol. The van der Waals surface area contributed by atoms with Gasteiger partial charge < -0.3 is 14.8 Å². The maximum atomic E-state index is 11.9. The Morgan fingerprint density at radius 3 is 2.76 bits per heavy atom. The first-order valence-electron chi connectivity index (χ1n) is 7.76. The molecule has 6 nitrogen and oxygen atoms in total. The Balaban J connectivity index is 1.87. The lowest BCUT2D eigenvalue weighted by Crippen LogP contribution is -2.33. The summed E-state index contributed by atoms with van der Waals surface area (Å²) < 4.78 is 5.63. The second-order valence-corrected chi connectivity index (χ2v) is 6.49. The van der Waals surface area contributed by atoms with E-state index in [1.54, 1.807) is 31.3 Å². The average molecular weight is 385 g/mol. The molecule has 0 spiro atoms. The topological polar surface area (TPSA) is 92.4 Å². The van der Waals surface area contributed by atoms with Crippen LogP contribution in [0.15, 0.2) is 28.8 Å². The van der Waals surface area contributed by atoms with Crippen LogP contribution in [0.1, 0.15) is 32.1 Å². The number of halogens is 2. The molecule has 0 bridgehead atoms. The Morgan fingerprint density at radius 1 is 1.32 bits per heavy atom. The van der Waals surface area contributed by atoms with Gasteiger partial charge in [0.15, 0.2) is 11.7 Å². The molecule has 1 aromatic carbocycles. The van der Waals surface area contributed by atoms with Crippen molar-refractivity contribution in [1.82, 2.24) is 10.3 Å². The van der Waals surface area contributed by atoms with Crippen LogP contribution >= 0.6 is 23.2 Å². The van der Waals surface area contributed by atoms with E-state index in [4.69, 9.17) is 32.7 Å². The summed E-state index contributed by atoms with van der Waals surface area (Å²) in [6.45, 7) is 1.77. The minimum absolute atomic E-state index is 0.0202. The summed E-state index contributed by atoms with van der Waals surface area (Å²) in [7, 11) is 0. The summed E-state index contributed by atoms with van der Waals surface area (Å²) in [5, 5.41) is 12.4. The van der Waals surface area contributed by atoms with Crippen LogP contribution in [0.4, 0.5) is 0 Å². The van der Waals surface area contributed by atoms with Crippen molar-refractivity contribution >= 4 is 35.1 Å². The molecule has 1 heterocycles. The second-order valence-electron chi connectivity index (χ2n) is 5.64. The number of hydrogen-bond donors (Lipinski definition) is 2. The number of oxazole rings is 1. The second kappa shape index (κ2) is 8.87. The van der Waals surface area contributed by atoms with Crippen molar-refractivity contribution in [1.29, 1.82) is 0 Å². The summed E-state index contributed by atoms with van der Waals surface area (Å²) in [5.41, 5.74) is 0.677. The quantitative estimate of drug-likeness (QED) is 0.718. The first-order chi connectivity index (χ1) is 11.8. The number of nitrogens with one attached hydrogen (secondary N) is 1. The number of carbonyl (C=O) groups excluding carboxylic acids is 1. The lowest BCUT2D eigenvalue weighted by Gasteiger charge is -2.12. The normalized spacial score (nSPS) is 12.0. The van der Waals surface area contributed by atoms with Crippen LogP contribution in [0.2, 0.25) is 10.0 Å². The van der Waals surface area contributed by atoms with Gasteiger partial charge in [0.05, 0.1) is 11.2 Å². The number of hydrogen-bond acceptors (Lipinski definition) is 4. The molecule has 134 valence electrons. The standard InChI is InChI=1S/C17H18Cl2N2O4/c1-10(2-7-17(23)24)21-15(22)5-6-16-20-9-14(25-16)12-4-3-11(18)8-13(12)19/h3-4,8-10H,2,5-7H2,1H3,(H,21,22)(H,23,24). The van der Waals surface area contributed by atoms with Gasteiger partial charge in [-0.25, -0.2) is 4.98 Å². The number of carboxylic acids is 1. The molecule has 0 radical (unpaired) electrons. The number of carboxylic acid groups (broad SMARTS) is 1. The zero-order valence-electron chi connectivity index (χ0n) is 13.6. The molecule has 2 aromatic rings. The lowest BCUT2D eigenvalue weighted by atomic mass is 10.1. The van der Waals surface area contributed by atoms with Gasteiger partial charge in [-0.05, 0) is 31.5 Å². The van der Waals surface area contributed by atoms with Gasteiger partial charge in [0, 0.05) is 35.9 Å². The molecule has 0 aliphatic carbocycles. The zero-order valence-corrected chi connectivity index (χ0v) is 15.1. The summed E-state index contributed by atoms with van der Waals surface area (Å²) in [5.74, 6) is -0.127. The van der Waals surface area contributed by atoms with Crippen molar-refractivity contribution < 1.29 is 19.1 Å². The van der Waals surface area contributed by atoms with Crippen LogP contribution in [-0.2, 0) is 16.0 Å². The van der Waals surface area contributed by atoms with Crippen molar-refractivity contribution in [3.8, 4) is 11.3 Å². The molecule has 0 aliphatic heterocycles. The molecule has 0 fully saturated rings. The van der Waals surface area contributed by atoms with Crippen LogP contribution in [0, 0.1) is 0 Å². The number of aliphatic carboxylic acids is 1. The van der Waals surface area contributed by atoms with E-state index in [1.165, 1.54) is 0 Å². The van der Waals surface area contributed by atoms with E-state index >= 15 is 0 Å². The van der Waals surface area contributed by atoms with Crippen LogP contribution < -0.4 is 5.32 Å². The largest absolute Gasteiger partial charge is 0.481 e. The van der Waals surface area contributed by atoms with Gasteiger partial charge in [-0.1, -0.05) is 23.2 Å². The molecule has 2 rings (SSSR count). The molecule has 2 N–H and O–H groups in total. The number of aryl methyl sites for hydroxylation is 1. The van der Waals surface area contributed by atoms with Gasteiger partial charge >= 0.3 is 5.97 Å². The Hall–Kier alpha value is -2.05. The summed E-state index contributed by atoms with van der Waals surface area (Å²) in [6.07, 6.45) is 2.50. The molecule has 25 heavy (non-hydrogen) atoms. The third kappa shape index (κ3) is 6.07. The Kier molecular flexibility index (Phi) is 6.84. The number of aromatic nitrogens is 1. The van der Waals surface area contributed by atoms with Crippen LogP contribution in [0.25, 0.3) is 11.3 Å². The molecule has 0 saturated heterocycles. The minimum Gasteiger partial charge on any atom is -0.481 e. The molecule has 0 saturated carbocycles. The van der Waals surface area contributed by atoms with E-state index in [2.05, 4.69) is 10.3 Å². The van der Waals surface area contributed by atoms with Gasteiger partial charge in [-0.15, -0.1) is 0 Å². The lowest BCUT2D eigenvalue weighted by molar-refractivity contribution is -0.137. The van der Waals surface area contributed by atoms with Crippen LogP contribution in [0.5, 0.6) is 0 Å². The zero-order chi connectivity index (χ0) is 18.4. The predicted molar refractivity (Wildman–Crippen MR) is 94.8 cm³/mol. The number of carbonyl (C=O) groups is 2. The third-order valence-electron chi connectivity index (χ3n) is 3.51. The smallest absolute Gasteiger partial charge is 0.303 e. The van der Waals surface area contributed by atoms with E-state index in [0.29, 0.717) is 40.1 Å². The number of rotatable bonds is 8. The molecular formula is C17H18Cl2N2O4. The average Bonchev–Trinajstić information content (AvgIpc) is 2.99. The highest BCUT2D eigenvalue weighted by Gasteiger charge is 2.13. The maximum absolute atomic E-state index is 11.9. The first-order valence-corrected chi connectivity index (χ1v) is 8.52. The van der Waals surface area contributed by atoms with E-state index in [9.17, 15) is 9.59 Å². The van der Waals surface area contributed by atoms with Crippen molar-refractivity contribution in [3.05, 3.63) is 40.3 Å². The molecule has 0 aliphatic rings. The summed E-state index contributed by atoms with van der Waals surface area (Å²) in [4.78, 5) is 26.5. The Morgan fingerprint density at radius 2 is 2.08 bits per heavy atom. The van der Waals surface area contributed by atoms with Gasteiger partial charge in [0.25, 0.3) is 0 Å². The van der Waals surface area contributed by atoms with E-state index in [0.717, 1.165) is 0 Å². The van der Waals surface area contributed by atoms with Crippen molar-refractivity contribution in [3.63, 3.8) is 0 Å². The summed E-state index contributed by atoms with van der Waals surface area (Å²) in [6, 6.07) is 4.87. The predicted octanol–water partition coefficient (Wildman–Crippen LogP) is 3.95. The fourth-order valence-corrected chi connectivity index (χ4v) is 2.72. The molecule has 1 unspecified atom stereocenters. The summed E-state index contributed by atoms with van der Waals surface area (Å²) >= 11 is 12.0. The van der Waals surface area contributed by atoms with Gasteiger partial charge in [0.1, 0.15) is 0 Å². The van der Waals surface area contributed by atoms with Crippen LogP contribution in [0.3, 0.4) is 0 Å². The number of nitrogens with zero attached hydrogens (tertiary/aromatic N) is 1. The van der Waals surface area contributed by atoms with Crippen molar-refractivity contribution in [2.24, 2.45) is 0 Å². The van der Waals surface area contributed by atoms with Crippen molar-refractivity contribution in [2.45, 2.75) is 38.6 Å². The molecule has 1 atom stereocenters. The fourth-order valence-electron chi connectivity index (χ4n) is 2.22. The molecule has 1 aromatic heterocycles. The van der Waals surface area contributed by atoms with E-state index < -0.39 is 5.97 Å². The van der Waals surface area contributed by atoms with Crippen LogP contribution in [-0.4, -0.2) is 28.0 Å². The highest BCUT2D eigenvalue weighted by molar-refractivity contribution is 6.36. The Bertz CT molecular complexity index is 761. The minimum atomic E-state index is -0.880. The number of benzene rings is 1. The van der Waals surface area contributed by atoms with Crippen molar-refractivity contribution in [2.75, 3.05) is 0 Å². The highest BCUT2D eigenvalue weighted by atomic mass is 35.5. The SMILES string of the molecule is CC(CCC(=O)O)NC(=O)CCc1ncc(-c2ccc(Cl)cc2Cl)o1. The van der Waals surface area contributed by atoms with Gasteiger partial charge in [0.2, 0.25) is 5.91 Å². The molecule has 1 amide bonds. The highest BCUT2D eigenvalue weighted by Crippen LogP contribution is 2.30. The monoisotopic (exact) mass is 384 g/mol. The molecule has 8 heteroatoms.